The van der Waals surface area contributed by atoms with E-state index in [1.807, 2.05) is 12.1 Å². The van der Waals surface area contributed by atoms with Gasteiger partial charge in [0.15, 0.2) is 0 Å². The molecule has 4 rings (SSSR count). The lowest BCUT2D eigenvalue weighted by Gasteiger charge is -2.39. The molecular formula is C18H23FN2O. The Morgan fingerprint density at radius 3 is 2.09 bits per heavy atom. The van der Waals surface area contributed by atoms with Gasteiger partial charge in [0.05, 0.1) is 0 Å². The van der Waals surface area contributed by atoms with Gasteiger partial charge in [-0.15, -0.1) is 0 Å². The van der Waals surface area contributed by atoms with Crippen LogP contribution in [0.25, 0.3) is 0 Å². The smallest absolute Gasteiger partial charge is 0.133 e. The van der Waals surface area contributed by atoms with Crippen molar-refractivity contribution in [2.24, 2.45) is 11.8 Å². The first-order valence-electron chi connectivity index (χ1n) is 8.45. The number of nitrogens with zero attached hydrogens (tertiary/aromatic N) is 2. The highest BCUT2D eigenvalue weighted by Crippen LogP contribution is 2.44. The Bertz CT molecular complexity index is 535. The first-order valence-corrected chi connectivity index (χ1v) is 8.45. The Labute approximate surface area is 131 Å². The lowest BCUT2D eigenvalue weighted by atomic mass is 10.0. The number of carbonyl (C=O) groups is 1. The van der Waals surface area contributed by atoms with Crippen molar-refractivity contribution in [3.63, 3.8) is 0 Å². The Morgan fingerprint density at radius 2 is 1.50 bits per heavy atom. The van der Waals surface area contributed by atoms with Gasteiger partial charge in [0.2, 0.25) is 0 Å². The molecule has 1 aliphatic heterocycles. The van der Waals surface area contributed by atoms with Crippen molar-refractivity contribution in [3.8, 4) is 0 Å². The summed E-state index contributed by atoms with van der Waals surface area (Å²) in [5.74, 6) is 1.63. The highest BCUT2D eigenvalue weighted by atomic mass is 19.1. The molecule has 1 saturated heterocycles. The van der Waals surface area contributed by atoms with Crippen molar-refractivity contribution in [1.29, 1.82) is 0 Å². The molecule has 0 aromatic heterocycles. The highest BCUT2D eigenvalue weighted by molar-refractivity contribution is 5.81. The van der Waals surface area contributed by atoms with E-state index in [2.05, 4.69) is 9.80 Å². The zero-order valence-electron chi connectivity index (χ0n) is 12.9. The second-order valence-electron chi connectivity index (χ2n) is 7.09. The molecule has 3 aliphatic rings. The number of piperazine rings is 1. The van der Waals surface area contributed by atoms with Gasteiger partial charge in [-0.3, -0.25) is 9.69 Å². The molecule has 22 heavy (non-hydrogen) atoms. The fourth-order valence-electron chi connectivity index (χ4n) is 4.64. The van der Waals surface area contributed by atoms with Crippen molar-refractivity contribution < 1.29 is 9.18 Å². The molecule has 0 amide bonds. The molecule has 1 aromatic rings. The summed E-state index contributed by atoms with van der Waals surface area (Å²) < 4.78 is 13.0. The Kier molecular flexibility index (Phi) is 3.65. The van der Waals surface area contributed by atoms with E-state index < -0.39 is 0 Å². The second kappa shape index (κ2) is 5.65. The zero-order chi connectivity index (χ0) is 15.1. The van der Waals surface area contributed by atoms with Crippen LogP contribution in [-0.2, 0) is 4.79 Å². The third-order valence-electron chi connectivity index (χ3n) is 5.82. The van der Waals surface area contributed by atoms with Crippen molar-refractivity contribution in [3.05, 3.63) is 30.1 Å². The fraction of sp³-hybridized carbons (Fsp3) is 0.611. The van der Waals surface area contributed by atoms with Crippen LogP contribution in [0, 0.1) is 17.7 Å². The molecule has 3 nitrogen and oxygen atoms in total. The summed E-state index contributed by atoms with van der Waals surface area (Å²) in [6.07, 6.45) is 4.09. The molecule has 3 fully saturated rings. The van der Waals surface area contributed by atoms with Crippen LogP contribution in [0.4, 0.5) is 10.1 Å². The number of fused-ring (bicyclic) bond motifs is 1. The molecule has 0 radical (unpaired) electrons. The zero-order valence-corrected chi connectivity index (χ0v) is 12.9. The van der Waals surface area contributed by atoms with E-state index in [4.69, 9.17) is 0 Å². The number of hydrogen-bond acceptors (Lipinski definition) is 3. The minimum Gasteiger partial charge on any atom is -0.369 e. The maximum atomic E-state index is 13.0. The Morgan fingerprint density at radius 1 is 0.909 bits per heavy atom. The molecule has 2 aliphatic carbocycles. The lowest BCUT2D eigenvalue weighted by Crippen LogP contribution is -2.50. The average Bonchev–Trinajstić information content (AvgIpc) is 3.05. The monoisotopic (exact) mass is 302 g/mol. The predicted octanol–water partition coefficient (Wildman–Crippen LogP) is 2.71. The van der Waals surface area contributed by atoms with Crippen molar-refractivity contribution in [2.45, 2.75) is 31.7 Å². The number of carbonyl (C=O) groups excluding carboxylic acids is 1. The molecule has 4 heteroatoms. The molecular weight excluding hydrogens is 279 g/mol. The summed E-state index contributed by atoms with van der Waals surface area (Å²) >= 11 is 0. The molecule has 0 bridgehead atoms. The third kappa shape index (κ3) is 2.65. The molecule has 1 heterocycles. The van der Waals surface area contributed by atoms with E-state index in [1.165, 1.54) is 25.0 Å². The standard InChI is InChI=1S/C18H23FN2O/c19-15-1-3-16(4-2-15)20-5-7-21(8-6-20)17-9-13-11-18(22)12-14(13)10-17/h1-4,13-14,17H,5-12H2/t13-,14+,17?. The van der Waals surface area contributed by atoms with Gasteiger partial charge in [-0.05, 0) is 48.9 Å². The predicted molar refractivity (Wildman–Crippen MR) is 84.4 cm³/mol. The lowest BCUT2D eigenvalue weighted by molar-refractivity contribution is -0.117. The van der Waals surface area contributed by atoms with Crippen molar-refractivity contribution >= 4 is 11.5 Å². The summed E-state index contributed by atoms with van der Waals surface area (Å²) in [6.45, 7) is 4.18. The number of rotatable bonds is 2. The molecule has 118 valence electrons. The number of halogens is 1. The van der Waals surface area contributed by atoms with Crippen LogP contribution < -0.4 is 4.90 Å². The van der Waals surface area contributed by atoms with E-state index >= 15 is 0 Å². The van der Waals surface area contributed by atoms with E-state index in [9.17, 15) is 9.18 Å². The first-order chi connectivity index (χ1) is 10.7. The van der Waals surface area contributed by atoms with Gasteiger partial charge in [-0.1, -0.05) is 0 Å². The van der Waals surface area contributed by atoms with Gasteiger partial charge in [-0.2, -0.15) is 0 Å². The van der Waals surface area contributed by atoms with Gasteiger partial charge in [-0.25, -0.2) is 4.39 Å². The first kappa shape index (κ1) is 14.2. The summed E-state index contributed by atoms with van der Waals surface area (Å²) in [4.78, 5) is 16.5. The van der Waals surface area contributed by atoms with Crippen LogP contribution in [0.5, 0.6) is 0 Å². The van der Waals surface area contributed by atoms with Crippen LogP contribution in [0.3, 0.4) is 0 Å². The summed E-state index contributed by atoms with van der Waals surface area (Å²) in [7, 11) is 0. The van der Waals surface area contributed by atoms with Crippen LogP contribution in [0.1, 0.15) is 25.7 Å². The molecule has 0 N–H and O–H groups in total. The quantitative estimate of drug-likeness (QED) is 0.839. The topological polar surface area (TPSA) is 23.6 Å². The number of hydrogen-bond donors (Lipinski definition) is 0. The summed E-state index contributed by atoms with van der Waals surface area (Å²) in [5, 5.41) is 0. The van der Waals surface area contributed by atoms with Crippen LogP contribution in [0.2, 0.25) is 0 Å². The number of Topliss-reactive ketones (excluding diaryl/α,β-unsaturated/α-hetero) is 1. The average molecular weight is 302 g/mol. The van der Waals surface area contributed by atoms with Gasteiger partial charge in [0.1, 0.15) is 11.6 Å². The van der Waals surface area contributed by atoms with Crippen LogP contribution in [-0.4, -0.2) is 42.9 Å². The maximum absolute atomic E-state index is 13.0. The molecule has 3 atom stereocenters. The molecule has 1 aromatic carbocycles. The third-order valence-corrected chi connectivity index (χ3v) is 5.82. The molecule has 1 unspecified atom stereocenters. The minimum absolute atomic E-state index is 0.172. The van der Waals surface area contributed by atoms with Crippen molar-refractivity contribution in [1.82, 2.24) is 4.90 Å². The van der Waals surface area contributed by atoms with E-state index in [0.29, 0.717) is 23.7 Å². The minimum atomic E-state index is -0.172. The highest BCUT2D eigenvalue weighted by Gasteiger charge is 2.43. The van der Waals surface area contributed by atoms with E-state index in [-0.39, 0.29) is 5.82 Å². The molecule has 2 saturated carbocycles. The Balaban J connectivity index is 1.33. The van der Waals surface area contributed by atoms with E-state index in [1.54, 1.807) is 0 Å². The van der Waals surface area contributed by atoms with Crippen molar-refractivity contribution in [2.75, 3.05) is 31.1 Å². The van der Waals surface area contributed by atoms with Gasteiger partial charge >= 0.3 is 0 Å². The SMILES string of the molecule is O=C1C[C@@H]2CC(N3CCN(c4ccc(F)cc4)CC3)C[C@@H]2C1. The normalized spacial score (nSPS) is 32.5. The maximum Gasteiger partial charge on any atom is 0.133 e. The van der Waals surface area contributed by atoms with Crippen LogP contribution in [0.15, 0.2) is 24.3 Å². The largest absolute Gasteiger partial charge is 0.369 e. The van der Waals surface area contributed by atoms with Gasteiger partial charge in [0.25, 0.3) is 0 Å². The summed E-state index contributed by atoms with van der Waals surface area (Å²) in [6, 6.07) is 7.50. The fourth-order valence-corrected chi connectivity index (χ4v) is 4.64. The van der Waals surface area contributed by atoms with Gasteiger partial charge < -0.3 is 4.90 Å². The number of anilines is 1. The molecule has 0 spiro atoms. The van der Waals surface area contributed by atoms with Crippen LogP contribution >= 0.6 is 0 Å². The number of benzene rings is 1. The second-order valence-corrected chi connectivity index (χ2v) is 7.09. The number of ketones is 1. The van der Waals surface area contributed by atoms with Gasteiger partial charge in [0, 0.05) is 50.7 Å². The summed E-state index contributed by atoms with van der Waals surface area (Å²) in [5.41, 5.74) is 1.12. The van der Waals surface area contributed by atoms with E-state index in [0.717, 1.165) is 44.7 Å². The Hall–Kier alpha value is -1.42.